The minimum atomic E-state index is -0.430. The Hall–Kier alpha value is -2.11. The van der Waals surface area contributed by atoms with E-state index >= 15 is 0 Å². The van der Waals surface area contributed by atoms with Crippen LogP contribution in [0.4, 0.5) is 0 Å². The molecule has 1 aromatic heterocycles. The second kappa shape index (κ2) is 5.48. The summed E-state index contributed by atoms with van der Waals surface area (Å²) < 4.78 is 5.24. The third-order valence-corrected chi connectivity index (χ3v) is 2.54. The van der Waals surface area contributed by atoms with E-state index in [1.807, 2.05) is 6.92 Å². The SMILES string of the molecule is CCOc1ncccc1C(=O)NNC(=O)C1CC1. The molecule has 6 heteroatoms. The van der Waals surface area contributed by atoms with Crippen molar-refractivity contribution in [2.75, 3.05) is 6.61 Å². The maximum atomic E-state index is 11.8. The molecule has 1 aliphatic carbocycles. The monoisotopic (exact) mass is 249 g/mol. The van der Waals surface area contributed by atoms with Crippen molar-refractivity contribution in [1.29, 1.82) is 0 Å². The summed E-state index contributed by atoms with van der Waals surface area (Å²) in [5, 5.41) is 0. The highest BCUT2D eigenvalue weighted by molar-refractivity contribution is 5.97. The zero-order valence-corrected chi connectivity index (χ0v) is 10.1. The number of hydrazine groups is 1. The number of rotatable bonds is 4. The quantitative estimate of drug-likeness (QED) is 0.768. The number of pyridine rings is 1. The van der Waals surface area contributed by atoms with Crippen LogP contribution in [0.15, 0.2) is 18.3 Å². The molecule has 0 atom stereocenters. The van der Waals surface area contributed by atoms with Gasteiger partial charge in [-0.25, -0.2) is 4.98 Å². The number of carbonyl (C=O) groups excluding carboxylic acids is 2. The molecule has 0 saturated heterocycles. The molecule has 2 rings (SSSR count). The molecule has 96 valence electrons. The molecule has 18 heavy (non-hydrogen) atoms. The van der Waals surface area contributed by atoms with E-state index in [2.05, 4.69) is 15.8 Å². The van der Waals surface area contributed by atoms with Crippen LogP contribution in [0.5, 0.6) is 5.88 Å². The van der Waals surface area contributed by atoms with Gasteiger partial charge in [0, 0.05) is 12.1 Å². The van der Waals surface area contributed by atoms with Crippen molar-refractivity contribution < 1.29 is 14.3 Å². The van der Waals surface area contributed by atoms with E-state index in [1.165, 1.54) is 0 Å². The molecule has 1 saturated carbocycles. The predicted molar refractivity (Wildman–Crippen MR) is 63.7 cm³/mol. The lowest BCUT2D eigenvalue weighted by molar-refractivity contribution is -0.123. The highest BCUT2D eigenvalue weighted by Gasteiger charge is 2.30. The van der Waals surface area contributed by atoms with Crippen LogP contribution in [-0.4, -0.2) is 23.4 Å². The minimum Gasteiger partial charge on any atom is -0.477 e. The minimum absolute atomic E-state index is 0.0468. The maximum Gasteiger partial charge on any atom is 0.275 e. The molecule has 0 spiro atoms. The zero-order chi connectivity index (χ0) is 13.0. The summed E-state index contributed by atoms with van der Waals surface area (Å²) in [7, 11) is 0. The van der Waals surface area contributed by atoms with Crippen molar-refractivity contribution >= 4 is 11.8 Å². The van der Waals surface area contributed by atoms with Crippen LogP contribution in [0.3, 0.4) is 0 Å². The van der Waals surface area contributed by atoms with Crippen molar-refractivity contribution in [3.8, 4) is 5.88 Å². The smallest absolute Gasteiger partial charge is 0.275 e. The lowest BCUT2D eigenvalue weighted by Crippen LogP contribution is -2.42. The fourth-order valence-corrected chi connectivity index (χ4v) is 1.45. The Morgan fingerprint density at radius 1 is 1.44 bits per heavy atom. The number of hydrogen-bond donors (Lipinski definition) is 2. The highest BCUT2D eigenvalue weighted by Crippen LogP contribution is 2.28. The van der Waals surface area contributed by atoms with E-state index in [-0.39, 0.29) is 17.7 Å². The molecule has 1 fully saturated rings. The van der Waals surface area contributed by atoms with E-state index in [4.69, 9.17) is 4.74 Å². The molecule has 0 bridgehead atoms. The van der Waals surface area contributed by atoms with Gasteiger partial charge in [-0.15, -0.1) is 0 Å². The second-order valence-electron chi connectivity index (χ2n) is 4.01. The molecule has 2 N–H and O–H groups in total. The Bertz CT molecular complexity index is 458. The summed E-state index contributed by atoms with van der Waals surface area (Å²) in [6.07, 6.45) is 3.32. The van der Waals surface area contributed by atoms with E-state index in [0.717, 1.165) is 12.8 Å². The van der Waals surface area contributed by atoms with E-state index in [0.29, 0.717) is 12.2 Å². The zero-order valence-electron chi connectivity index (χ0n) is 10.1. The van der Waals surface area contributed by atoms with E-state index < -0.39 is 5.91 Å². The van der Waals surface area contributed by atoms with Crippen molar-refractivity contribution in [2.24, 2.45) is 5.92 Å². The normalized spacial score (nSPS) is 13.8. The first-order chi connectivity index (χ1) is 8.72. The first-order valence-electron chi connectivity index (χ1n) is 5.90. The summed E-state index contributed by atoms with van der Waals surface area (Å²) in [6.45, 7) is 2.23. The number of nitrogens with zero attached hydrogens (tertiary/aromatic N) is 1. The number of aromatic nitrogens is 1. The standard InChI is InChI=1S/C12H15N3O3/c1-2-18-12-9(4-3-7-13-12)11(17)15-14-10(16)8-5-6-8/h3-4,7-8H,2,5-6H2,1H3,(H,14,16)(H,15,17). The van der Waals surface area contributed by atoms with Crippen LogP contribution >= 0.6 is 0 Å². The fraction of sp³-hybridized carbons (Fsp3) is 0.417. The third kappa shape index (κ3) is 2.97. The Balaban J connectivity index is 1.96. The van der Waals surface area contributed by atoms with Crippen LogP contribution in [0.2, 0.25) is 0 Å². The summed E-state index contributed by atoms with van der Waals surface area (Å²) in [5.74, 6) is -0.269. The number of carbonyl (C=O) groups is 2. The van der Waals surface area contributed by atoms with Crippen molar-refractivity contribution in [3.63, 3.8) is 0 Å². The second-order valence-corrected chi connectivity index (χ2v) is 4.01. The number of hydrogen-bond acceptors (Lipinski definition) is 4. The van der Waals surface area contributed by atoms with Gasteiger partial charge >= 0.3 is 0 Å². The van der Waals surface area contributed by atoms with Gasteiger partial charge in [0.2, 0.25) is 11.8 Å². The van der Waals surface area contributed by atoms with Crippen LogP contribution in [0, 0.1) is 5.92 Å². The van der Waals surface area contributed by atoms with Crippen LogP contribution in [0.25, 0.3) is 0 Å². The Morgan fingerprint density at radius 2 is 2.22 bits per heavy atom. The molecule has 0 unspecified atom stereocenters. The summed E-state index contributed by atoms with van der Waals surface area (Å²) in [4.78, 5) is 27.2. The maximum absolute atomic E-state index is 11.8. The van der Waals surface area contributed by atoms with Crippen LogP contribution in [0.1, 0.15) is 30.1 Å². The molecule has 1 heterocycles. The fourth-order valence-electron chi connectivity index (χ4n) is 1.45. The van der Waals surface area contributed by atoms with E-state index in [1.54, 1.807) is 18.3 Å². The number of ether oxygens (including phenoxy) is 1. The van der Waals surface area contributed by atoms with Gasteiger partial charge < -0.3 is 4.74 Å². The number of amides is 2. The van der Waals surface area contributed by atoms with Gasteiger partial charge in [0.25, 0.3) is 5.91 Å². The van der Waals surface area contributed by atoms with Gasteiger partial charge in [0.05, 0.1) is 6.61 Å². The van der Waals surface area contributed by atoms with Gasteiger partial charge in [-0.05, 0) is 31.9 Å². The van der Waals surface area contributed by atoms with Gasteiger partial charge in [-0.1, -0.05) is 0 Å². The molecule has 0 aliphatic heterocycles. The van der Waals surface area contributed by atoms with Crippen molar-refractivity contribution in [3.05, 3.63) is 23.9 Å². The Kier molecular flexibility index (Phi) is 3.76. The highest BCUT2D eigenvalue weighted by atomic mass is 16.5. The number of nitrogens with one attached hydrogen (secondary N) is 2. The lowest BCUT2D eigenvalue weighted by Gasteiger charge is -2.09. The van der Waals surface area contributed by atoms with Crippen LogP contribution < -0.4 is 15.6 Å². The molecular weight excluding hydrogens is 234 g/mol. The van der Waals surface area contributed by atoms with Crippen LogP contribution in [-0.2, 0) is 4.79 Å². The molecule has 2 amide bonds. The van der Waals surface area contributed by atoms with Gasteiger partial charge in [-0.3, -0.25) is 20.4 Å². The first-order valence-corrected chi connectivity index (χ1v) is 5.90. The largest absolute Gasteiger partial charge is 0.477 e. The van der Waals surface area contributed by atoms with E-state index in [9.17, 15) is 9.59 Å². The molecule has 1 aliphatic rings. The Labute approximate surface area is 105 Å². The van der Waals surface area contributed by atoms with Gasteiger partial charge in [0.1, 0.15) is 5.56 Å². The summed E-state index contributed by atoms with van der Waals surface area (Å²) >= 11 is 0. The molecule has 0 radical (unpaired) electrons. The summed E-state index contributed by atoms with van der Waals surface area (Å²) in [6, 6.07) is 3.23. The third-order valence-electron chi connectivity index (χ3n) is 2.54. The Morgan fingerprint density at radius 3 is 2.89 bits per heavy atom. The lowest BCUT2D eigenvalue weighted by atomic mass is 10.2. The van der Waals surface area contributed by atoms with Crippen molar-refractivity contribution in [1.82, 2.24) is 15.8 Å². The topological polar surface area (TPSA) is 80.3 Å². The molecule has 1 aromatic rings. The van der Waals surface area contributed by atoms with Gasteiger partial charge in [0.15, 0.2) is 0 Å². The molecular formula is C12H15N3O3. The first kappa shape index (κ1) is 12.3. The summed E-state index contributed by atoms with van der Waals surface area (Å²) in [5.41, 5.74) is 5.05. The van der Waals surface area contributed by atoms with Crippen molar-refractivity contribution in [2.45, 2.75) is 19.8 Å². The average Bonchev–Trinajstić information content (AvgIpc) is 3.21. The predicted octanol–water partition coefficient (Wildman–Crippen LogP) is 0.651. The molecule has 0 aromatic carbocycles. The van der Waals surface area contributed by atoms with Gasteiger partial charge in [-0.2, -0.15) is 0 Å². The average molecular weight is 249 g/mol. The molecule has 6 nitrogen and oxygen atoms in total.